The second-order valence-corrected chi connectivity index (χ2v) is 3.57. The third-order valence-electron chi connectivity index (χ3n) is 2.60. The van der Waals surface area contributed by atoms with Gasteiger partial charge in [0, 0.05) is 13.1 Å². The molecule has 4 N–H and O–H groups in total. The van der Waals surface area contributed by atoms with Crippen LogP contribution in [0.25, 0.3) is 0 Å². The van der Waals surface area contributed by atoms with Crippen molar-refractivity contribution in [1.82, 2.24) is 9.13 Å². The van der Waals surface area contributed by atoms with Crippen LogP contribution in [-0.4, -0.2) is 9.13 Å². The molecule has 0 aromatic carbocycles. The second-order valence-electron chi connectivity index (χ2n) is 3.57. The molecule has 6 heteroatoms. The van der Waals surface area contributed by atoms with Crippen LogP contribution in [0.3, 0.4) is 0 Å². The molecular formula is C9H16N4O2. The predicted molar refractivity (Wildman–Crippen MR) is 59.8 cm³/mol. The van der Waals surface area contributed by atoms with Crippen molar-refractivity contribution in [2.45, 2.75) is 26.3 Å². The number of nitrogens with two attached hydrogens (primary N) is 2. The number of rotatable bonds is 2. The predicted octanol–water partition coefficient (Wildman–Crippen LogP) is -0.318. The quantitative estimate of drug-likeness (QED) is 0.702. The summed E-state index contributed by atoms with van der Waals surface area (Å²) >= 11 is 0. The Labute approximate surface area is 87.1 Å². The van der Waals surface area contributed by atoms with Gasteiger partial charge in [-0.25, -0.2) is 4.79 Å². The van der Waals surface area contributed by atoms with Gasteiger partial charge >= 0.3 is 5.69 Å². The average molecular weight is 212 g/mol. The topological polar surface area (TPSA) is 96.0 Å². The summed E-state index contributed by atoms with van der Waals surface area (Å²) in [5.74, 6) is 0.0532. The minimum absolute atomic E-state index is 0.0532. The van der Waals surface area contributed by atoms with Gasteiger partial charge in [-0.2, -0.15) is 0 Å². The lowest BCUT2D eigenvalue weighted by Crippen LogP contribution is -2.41. The monoisotopic (exact) mass is 212 g/mol. The lowest BCUT2D eigenvalue weighted by atomic mass is 10.2. The van der Waals surface area contributed by atoms with Gasteiger partial charge in [0.2, 0.25) is 0 Å². The fourth-order valence-electron chi connectivity index (χ4n) is 1.38. The Morgan fingerprint density at radius 2 is 1.87 bits per heavy atom. The van der Waals surface area contributed by atoms with Gasteiger partial charge in [-0.15, -0.1) is 0 Å². The van der Waals surface area contributed by atoms with E-state index in [-0.39, 0.29) is 17.5 Å². The first-order chi connectivity index (χ1) is 6.91. The van der Waals surface area contributed by atoms with Crippen molar-refractivity contribution in [3.05, 3.63) is 20.8 Å². The molecule has 6 nitrogen and oxygen atoms in total. The van der Waals surface area contributed by atoms with Crippen LogP contribution < -0.4 is 22.7 Å². The lowest BCUT2D eigenvalue weighted by molar-refractivity contribution is 0.493. The maximum absolute atomic E-state index is 11.8. The van der Waals surface area contributed by atoms with Gasteiger partial charge in [-0.05, 0) is 13.3 Å². The smallest absolute Gasteiger partial charge is 0.332 e. The maximum Gasteiger partial charge on any atom is 0.332 e. The van der Waals surface area contributed by atoms with Crippen molar-refractivity contribution in [3.8, 4) is 0 Å². The standard InChI is InChI=1S/C9H16N4O2/c1-4-5(2)13-7(11)6(10)8(14)12(3)9(13)15/h5H,4,10-11H2,1-3H3. The van der Waals surface area contributed by atoms with Crippen LogP contribution in [0.2, 0.25) is 0 Å². The number of nitrogen functional groups attached to an aromatic ring is 2. The summed E-state index contributed by atoms with van der Waals surface area (Å²) in [5, 5.41) is 0. The summed E-state index contributed by atoms with van der Waals surface area (Å²) < 4.78 is 2.31. The molecule has 0 aliphatic rings. The Hall–Kier alpha value is -1.72. The molecule has 0 amide bonds. The number of hydrogen-bond donors (Lipinski definition) is 2. The zero-order valence-electron chi connectivity index (χ0n) is 9.15. The third-order valence-corrected chi connectivity index (χ3v) is 2.60. The van der Waals surface area contributed by atoms with Crippen LogP contribution in [0.15, 0.2) is 9.59 Å². The average Bonchev–Trinajstić information content (AvgIpc) is 2.23. The van der Waals surface area contributed by atoms with E-state index in [0.29, 0.717) is 0 Å². The van der Waals surface area contributed by atoms with Crippen molar-refractivity contribution in [3.63, 3.8) is 0 Å². The normalized spacial score (nSPS) is 12.7. The Morgan fingerprint density at radius 1 is 1.33 bits per heavy atom. The molecule has 0 spiro atoms. The van der Waals surface area contributed by atoms with Crippen LogP contribution in [-0.2, 0) is 7.05 Å². The zero-order valence-corrected chi connectivity index (χ0v) is 9.15. The molecule has 0 saturated heterocycles. The van der Waals surface area contributed by atoms with E-state index in [9.17, 15) is 9.59 Å². The van der Waals surface area contributed by atoms with Gasteiger partial charge in [-0.1, -0.05) is 6.92 Å². The summed E-state index contributed by atoms with van der Waals surface area (Å²) in [6.07, 6.45) is 0.738. The minimum Gasteiger partial charge on any atom is -0.391 e. The van der Waals surface area contributed by atoms with Crippen molar-refractivity contribution in [1.29, 1.82) is 0 Å². The van der Waals surface area contributed by atoms with E-state index in [2.05, 4.69) is 0 Å². The van der Waals surface area contributed by atoms with Crippen LogP contribution in [0.1, 0.15) is 26.3 Å². The molecule has 1 rings (SSSR count). The first-order valence-corrected chi connectivity index (χ1v) is 4.78. The molecular weight excluding hydrogens is 196 g/mol. The molecule has 1 aromatic rings. The van der Waals surface area contributed by atoms with Crippen LogP contribution in [0.5, 0.6) is 0 Å². The van der Waals surface area contributed by atoms with Crippen LogP contribution >= 0.6 is 0 Å². The molecule has 1 unspecified atom stereocenters. The molecule has 0 aliphatic carbocycles. The molecule has 15 heavy (non-hydrogen) atoms. The molecule has 0 saturated carbocycles. The molecule has 0 fully saturated rings. The van der Waals surface area contributed by atoms with Crippen molar-refractivity contribution >= 4 is 11.5 Å². The highest BCUT2D eigenvalue weighted by Crippen LogP contribution is 2.14. The van der Waals surface area contributed by atoms with E-state index in [1.807, 2.05) is 13.8 Å². The highest BCUT2D eigenvalue weighted by atomic mass is 16.2. The highest BCUT2D eigenvalue weighted by Gasteiger charge is 2.15. The number of anilines is 2. The molecule has 0 radical (unpaired) electrons. The Kier molecular flexibility index (Phi) is 2.88. The number of nitrogens with zero attached hydrogens (tertiary/aromatic N) is 2. The summed E-state index contributed by atoms with van der Waals surface area (Å²) in [4.78, 5) is 23.2. The van der Waals surface area contributed by atoms with Gasteiger partial charge < -0.3 is 11.5 Å². The molecule has 1 atom stereocenters. The highest BCUT2D eigenvalue weighted by molar-refractivity contribution is 5.56. The first-order valence-electron chi connectivity index (χ1n) is 4.78. The Bertz CT molecular complexity index is 486. The minimum atomic E-state index is -0.544. The van der Waals surface area contributed by atoms with Crippen LogP contribution in [0, 0.1) is 0 Å². The van der Waals surface area contributed by atoms with Gasteiger partial charge in [0.1, 0.15) is 11.5 Å². The van der Waals surface area contributed by atoms with E-state index in [1.165, 1.54) is 11.6 Å². The summed E-state index contributed by atoms with van der Waals surface area (Å²) in [7, 11) is 1.39. The summed E-state index contributed by atoms with van der Waals surface area (Å²) in [6, 6.07) is -0.0772. The van der Waals surface area contributed by atoms with Crippen molar-refractivity contribution < 1.29 is 0 Å². The Balaban J connectivity index is 3.68. The largest absolute Gasteiger partial charge is 0.391 e. The number of aromatic nitrogens is 2. The van der Waals surface area contributed by atoms with E-state index in [0.717, 1.165) is 11.0 Å². The van der Waals surface area contributed by atoms with Crippen molar-refractivity contribution in [2.24, 2.45) is 7.05 Å². The second kappa shape index (κ2) is 3.80. The first kappa shape index (κ1) is 11.4. The lowest BCUT2D eigenvalue weighted by Gasteiger charge is -2.17. The summed E-state index contributed by atoms with van der Waals surface area (Å²) in [6.45, 7) is 3.78. The van der Waals surface area contributed by atoms with E-state index >= 15 is 0 Å². The van der Waals surface area contributed by atoms with E-state index in [1.54, 1.807) is 0 Å². The molecule has 0 bridgehead atoms. The molecule has 1 aromatic heterocycles. The van der Waals surface area contributed by atoms with Crippen LogP contribution in [0.4, 0.5) is 11.5 Å². The fourth-order valence-corrected chi connectivity index (χ4v) is 1.38. The Morgan fingerprint density at radius 3 is 2.33 bits per heavy atom. The zero-order chi connectivity index (χ0) is 11.7. The maximum atomic E-state index is 11.8. The van der Waals surface area contributed by atoms with Gasteiger partial charge in [0.15, 0.2) is 0 Å². The van der Waals surface area contributed by atoms with Gasteiger partial charge in [0.25, 0.3) is 5.56 Å². The molecule has 0 aliphatic heterocycles. The van der Waals surface area contributed by atoms with Gasteiger partial charge in [-0.3, -0.25) is 13.9 Å². The van der Waals surface area contributed by atoms with Gasteiger partial charge in [0.05, 0.1) is 0 Å². The molecule has 84 valence electrons. The third kappa shape index (κ3) is 1.62. The van der Waals surface area contributed by atoms with Crippen molar-refractivity contribution in [2.75, 3.05) is 11.5 Å². The number of hydrogen-bond acceptors (Lipinski definition) is 4. The van der Waals surface area contributed by atoms with E-state index in [4.69, 9.17) is 11.5 Å². The summed E-state index contributed by atoms with van der Waals surface area (Å²) in [5.41, 5.74) is 10.1. The SMILES string of the molecule is CCC(C)n1c(N)c(N)c(=O)n(C)c1=O. The molecule has 1 heterocycles. The van der Waals surface area contributed by atoms with E-state index < -0.39 is 11.2 Å². The fraction of sp³-hybridized carbons (Fsp3) is 0.556.